The van der Waals surface area contributed by atoms with Gasteiger partial charge in [-0.15, -0.1) is 0 Å². The molecule has 0 aliphatic carbocycles. The minimum absolute atomic E-state index is 0.0369. The van der Waals surface area contributed by atoms with Gasteiger partial charge in [0.05, 0.1) is 12.2 Å². The third kappa shape index (κ3) is 7.85. The van der Waals surface area contributed by atoms with E-state index in [4.69, 9.17) is 21.7 Å². The number of benzene rings is 2. The van der Waals surface area contributed by atoms with Crippen molar-refractivity contribution in [2.24, 2.45) is 0 Å². The molecule has 3 N–H and O–H groups in total. The van der Waals surface area contributed by atoms with E-state index in [0.717, 1.165) is 24.0 Å². The lowest BCUT2D eigenvalue weighted by Gasteiger charge is -2.16. The number of hydrazine groups is 1. The van der Waals surface area contributed by atoms with Gasteiger partial charge in [-0.1, -0.05) is 51.5 Å². The zero-order valence-electron chi connectivity index (χ0n) is 19.0. The lowest BCUT2D eigenvalue weighted by molar-refractivity contribution is -0.123. The lowest BCUT2D eigenvalue weighted by Crippen LogP contribution is -2.49. The van der Waals surface area contributed by atoms with Crippen molar-refractivity contribution in [1.29, 1.82) is 0 Å². The molecule has 2 amide bonds. The number of aryl methyl sites for hydroxylation is 1. The zero-order chi connectivity index (χ0) is 23.5. The SMILES string of the molecule is CCCCOc1ccccc1C(=O)NC(=S)NNC(=O)COc1cc(C)ccc1C(C)C. The molecular formula is C24H31N3O4S. The Hall–Kier alpha value is -3.13. The smallest absolute Gasteiger partial charge is 0.276 e. The van der Waals surface area contributed by atoms with Crippen LogP contribution in [0.15, 0.2) is 42.5 Å². The fourth-order valence-electron chi connectivity index (χ4n) is 2.86. The van der Waals surface area contributed by atoms with Crippen LogP contribution >= 0.6 is 12.2 Å². The van der Waals surface area contributed by atoms with Crippen LogP contribution in [-0.2, 0) is 4.79 Å². The van der Waals surface area contributed by atoms with E-state index >= 15 is 0 Å². The van der Waals surface area contributed by atoms with E-state index in [0.29, 0.717) is 23.7 Å². The van der Waals surface area contributed by atoms with Crippen LogP contribution in [0.4, 0.5) is 0 Å². The Balaban J connectivity index is 1.84. The van der Waals surface area contributed by atoms with Crippen molar-refractivity contribution in [3.05, 3.63) is 59.2 Å². The number of hydrogen-bond acceptors (Lipinski definition) is 5. The summed E-state index contributed by atoms with van der Waals surface area (Å²) < 4.78 is 11.4. The molecule has 0 bridgehead atoms. The predicted octanol–water partition coefficient (Wildman–Crippen LogP) is 4.01. The molecule has 0 aliphatic rings. The van der Waals surface area contributed by atoms with E-state index in [1.807, 2.05) is 25.1 Å². The van der Waals surface area contributed by atoms with E-state index < -0.39 is 11.8 Å². The second kappa shape index (κ2) is 12.7. The molecular weight excluding hydrogens is 426 g/mol. The number of ether oxygens (including phenoxy) is 2. The van der Waals surface area contributed by atoms with E-state index in [9.17, 15) is 9.59 Å². The minimum atomic E-state index is -0.430. The van der Waals surface area contributed by atoms with Gasteiger partial charge in [0.15, 0.2) is 11.7 Å². The molecule has 0 spiro atoms. The van der Waals surface area contributed by atoms with Crippen molar-refractivity contribution in [2.75, 3.05) is 13.2 Å². The van der Waals surface area contributed by atoms with Gasteiger partial charge in [0, 0.05) is 0 Å². The third-order valence-electron chi connectivity index (χ3n) is 4.58. The van der Waals surface area contributed by atoms with E-state index in [2.05, 4.69) is 36.9 Å². The number of carbonyl (C=O) groups excluding carboxylic acids is 2. The van der Waals surface area contributed by atoms with Crippen LogP contribution in [0.1, 0.15) is 61.0 Å². The lowest BCUT2D eigenvalue weighted by atomic mass is 10.0. The van der Waals surface area contributed by atoms with Crippen LogP contribution in [0.25, 0.3) is 0 Å². The van der Waals surface area contributed by atoms with Crippen LogP contribution < -0.4 is 25.6 Å². The summed E-state index contributed by atoms with van der Waals surface area (Å²) in [5, 5.41) is 2.50. The minimum Gasteiger partial charge on any atom is -0.493 e. The highest BCUT2D eigenvalue weighted by atomic mass is 32.1. The van der Waals surface area contributed by atoms with Crippen LogP contribution in [0.3, 0.4) is 0 Å². The molecule has 0 unspecified atom stereocenters. The van der Waals surface area contributed by atoms with Crippen LogP contribution in [-0.4, -0.2) is 30.1 Å². The first kappa shape index (κ1) is 25.1. The van der Waals surface area contributed by atoms with Crippen molar-refractivity contribution in [2.45, 2.75) is 46.5 Å². The molecule has 0 aliphatic heterocycles. The molecule has 2 rings (SSSR count). The molecule has 0 saturated heterocycles. The molecule has 7 nitrogen and oxygen atoms in total. The Labute approximate surface area is 194 Å². The zero-order valence-corrected chi connectivity index (χ0v) is 19.8. The maximum absolute atomic E-state index is 12.5. The Morgan fingerprint density at radius 3 is 2.50 bits per heavy atom. The second-order valence-electron chi connectivity index (χ2n) is 7.64. The average molecular weight is 458 g/mol. The second-order valence-corrected chi connectivity index (χ2v) is 8.05. The first-order valence-corrected chi connectivity index (χ1v) is 11.1. The summed E-state index contributed by atoms with van der Waals surface area (Å²) in [6, 6.07) is 12.8. The number of hydrogen-bond donors (Lipinski definition) is 3. The molecule has 0 atom stereocenters. The normalized spacial score (nSPS) is 10.4. The molecule has 0 saturated carbocycles. The Morgan fingerprint density at radius 1 is 1.03 bits per heavy atom. The highest BCUT2D eigenvalue weighted by Crippen LogP contribution is 2.27. The maximum Gasteiger partial charge on any atom is 0.276 e. The first-order valence-electron chi connectivity index (χ1n) is 10.7. The van der Waals surface area contributed by atoms with Crippen molar-refractivity contribution in [3.63, 3.8) is 0 Å². The highest BCUT2D eigenvalue weighted by Gasteiger charge is 2.14. The molecule has 2 aromatic rings. The molecule has 0 radical (unpaired) electrons. The van der Waals surface area contributed by atoms with Gasteiger partial charge in [0.25, 0.3) is 11.8 Å². The monoisotopic (exact) mass is 457 g/mol. The average Bonchev–Trinajstić information content (AvgIpc) is 2.76. The van der Waals surface area contributed by atoms with Crippen molar-refractivity contribution in [1.82, 2.24) is 16.2 Å². The summed E-state index contributed by atoms with van der Waals surface area (Å²) >= 11 is 5.11. The van der Waals surface area contributed by atoms with Gasteiger partial charge >= 0.3 is 0 Å². The van der Waals surface area contributed by atoms with E-state index in [1.54, 1.807) is 24.3 Å². The highest BCUT2D eigenvalue weighted by molar-refractivity contribution is 7.80. The van der Waals surface area contributed by atoms with Gasteiger partial charge in [0.1, 0.15) is 11.5 Å². The van der Waals surface area contributed by atoms with Crippen molar-refractivity contribution >= 4 is 29.1 Å². The van der Waals surface area contributed by atoms with Crippen LogP contribution in [0.2, 0.25) is 0 Å². The summed E-state index contributed by atoms with van der Waals surface area (Å²) in [6.45, 7) is 8.49. The number of rotatable bonds is 9. The Kier molecular flexibility index (Phi) is 9.94. The van der Waals surface area contributed by atoms with Gasteiger partial charge in [-0.05, 0) is 60.8 Å². The Morgan fingerprint density at radius 2 is 1.78 bits per heavy atom. The number of para-hydroxylation sites is 1. The summed E-state index contributed by atoms with van der Waals surface area (Å²) in [7, 11) is 0. The largest absolute Gasteiger partial charge is 0.493 e. The number of amides is 2. The van der Waals surface area contributed by atoms with Gasteiger partial charge in [0.2, 0.25) is 0 Å². The fraction of sp³-hybridized carbons (Fsp3) is 0.375. The van der Waals surface area contributed by atoms with Gasteiger partial charge in [-0.25, -0.2) is 0 Å². The van der Waals surface area contributed by atoms with E-state index in [-0.39, 0.29) is 17.6 Å². The number of unbranched alkanes of at least 4 members (excludes halogenated alkanes) is 1. The Bertz CT molecular complexity index is 947. The molecule has 32 heavy (non-hydrogen) atoms. The standard InChI is InChI=1S/C24H31N3O4S/c1-5-6-13-30-20-10-8-7-9-19(20)23(29)25-24(32)27-26-22(28)15-31-21-14-17(4)11-12-18(21)16(2)3/h7-12,14,16H,5-6,13,15H2,1-4H3,(H,26,28)(H2,25,27,29,32). The third-order valence-corrected chi connectivity index (χ3v) is 4.78. The number of thiocarbonyl (C=S) groups is 1. The van der Waals surface area contributed by atoms with Gasteiger partial charge < -0.3 is 9.47 Å². The summed E-state index contributed by atoms with van der Waals surface area (Å²) in [5.74, 6) is 0.564. The molecule has 8 heteroatoms. The van der Waals surface area contributed by atoms with Crippen LogP contribution in [0.5, 0.6) is 11.5 Å². The van der Waals surface area contributed by atoms with Crippen molar-refractivity contribution in [3.8, 4) is 11.5 Å². The molecule has 0 aromatic heterocycles. The molecule has 172 valence electrons. The quantitative estimate of drug-likeness (QED) is 0.300. The van der Waals surface area contributed by atoms with Gasteiger partial charge in [-0.3, -0.25) is 25.8 Å². The van der Waals surface area contributed by atoms with Crippen molar-refractivity contribution < 1.29 is 19.1 Å². The van der Waals surface area contributed by atoms with Gasteiger partial charge in [-0.2, -0.15) is 0 Å². The maximum atomic E-state index is 12.5. The predicted molar refractivity (Wildman–Crippen MR) is 129 cm³/mol. The topological polar surface area (TPSA) is 88.7 Å². The molecule has 0 fully saturated rings. The van der Waals surface area contributed by atoms with Crippen LogP contribution in [0, 0.1) is 6.92 Å². The number of carbonyl (C=O) groups is 2. The summed E-state index contributed by atoms with van der Waals surface area (Å²) in [6.07, 6.45) is 1.89. The summed E-state index contributed by atoms with van der Waals surface area (Å²) in [5.41, 5.74) is 7.39. The fourth-order valence-corrected chi connectivity index (χ4v) is 3.00. The molecule has 0 heterocycles. The van der Waals surface area contributed by atoms with E-state index in [1.165, 1.54) is 0 Å². The first-order chi connectivity index (χ1) is 15.3. The molecule has 2 aromatic carbocycles. The number of nitrogens with one attached hydrogen (secondary N) is 3. The summed E-state index contributed by atoms with van der Waals surface area (Å²) in [4.78, 5) is 24.7.